The highest BCUT2D eigenvalue weighted by Crippen LogP contribution is 2.11. The molecule has 1 aromatic carbocycles. The zero-order valence-electron chi connectivity index (χ0n) is 11.3. The summed E-state index contributed by atoms with van der Waals surface area (Å²) < 4.78 is 3.31. The number of nitrogens with zero attached hydrogens (tertiary/aromatic N) is 2. The van der Waals surface area contributed by atoms with Crippen LogP contribution < -0.4 is 10.4 Å². The lowest BCUT2D eigenvalue weighted by Gasteiger charge is -2.06. The van der Waals surface area contributed by atoms with Gasteiger partial charge in [0.25, 0.3) is 5.56 Å². The molecular formula is C15H12N2O3S. The molecule has 0 N–H and O–H groups in total. The van der Waals surface area contributed by atoms with Crippen LogP contribution in [0.15, 0.2) is 52.2 Å². The van der Waals surface area contributed by atoms with Crippen molar-refractivity contribution in [1.82, 2.24) is 9.13 Å². The van der Waals surface area contributed by atoms with Gasteiger partial charge in [-0.2, -0.15) is 0 Å². The van der Waals surface area contributed by atoms with Crippen molar-refractivity contribution in [3.63, 3.8) is 0 Å². The summed E-state index contributed by atoms with van der Waals surface area (Å²) in [6.07, 6.45) is 1.75. The fraction of sp³-hybridized carbons (Fsp3) is 0.133. The maximum absolute atomic E-state index is 12.3. The van der Waals surface area contributed by atoms with Crippen LogP contribution >= 0.6 is 11.3 Å². The van der Waals surface area contributed by atoms with Gasteiger partial charge in [-0.15, -0.1) is 0 Å². The van der Waals surface area contributed by atoms with E-state index < -0.39 is 10.4 Å². The number of aryl methyl sites for hydroxylation is 1. The molecule has 0 aliphatic rings. The van der Waals surface area contributed by atoms with Crippen LogP contribution in [0.2, 0.25) is 0 Å². The third-order valence-corrected chi connectivity index (χ3v) is 4.28. The first kappa shape index (κ1) is 13.5. The number of hydrogen-bond donors (Lipinski definition) is 0. The molecule has 6 heteroatoms. The average Bonchev–Trinajstić information content (AvgIpc) is 2.89. The van der Waals surface area contributed by atoms with Gasteiger partial charge in [0, 0.05) is 17.9 Å². The van der Waals surface area contributed by atoms with Crippen LogP contribution in [-0.2, 0) is 13.6 Å². The number of fused-ring (bicyclic) bond motifs is 1. The summed E-state index contributed by atoms with van der Waals surface area (Å²) >= 11 is 0.974. The molecule has 0 bridgehead atoms. The quantitative estimate of drug-likeness (QED) is 0.691. The predicted octanol–water partition coefficient (Wildman–Crippen LogP) is 1.64. The van der Waals surface area contributed by atoms with Crippen LogP contribution in [0, 0.1) is 0 Å². The number of ketones is 1. The first-order chi connectivity index (χ1) is 10.1. The third kappa shape index (κ3) is 2.34. The highest BCUT2D eigenvalue weighted by Gasteiger charge is 2.14. The van der Waals surface area contributed by atoms with Crippen molar-refractivity contribution < 1.29 is 4.79 Å². The number of aromatic nitrogens is 2. The topological polar surface area (TPSA) is 61.1 Å². The second-order valence-corrected chi connectivity index (χ2v) is 5.68. The molecule has 0 unspecified atom stereocenters. The molecule has 0 radical (unpaired) electrons. The molecule has 0 aliphatic heterocycles. The van der Waals surface area contributed by atoms with Crippen molar-refractivity contribution >= 4 is 27.2 Å². The van der Waals surface area contributed by atoms with E-state index in [0.717, 1.165) is 15.9 Å². The van der Waals surface area contributed by atoms with E-state index in [2.05, 4.69) is 0 Å². The standard InChI is InChI=1S/C15H12N2O3S/c1-16-8-4-6-11(16)12(18)9-17-14(19)10-5-2-3-7-13(10)21-15(17)20/h2-8H,9H2,1H3. The Balaban J connectivity index is 2.09. The Morgan fingerprint density at radius 1 is 1.14 bits per heavy atom. The molecule has 0 saturated carbocycles. The van der Waals surface area contributed by atoms with E-state index in [0.29, 0.717) is 15.8 Å². The number of carbonyl (C=O) groups excluding carboxylic acids is 1. The summed E-state index contributed by atoms with van der Waals surface area (Å²) in [4.78, 5) is 36.2. The maximum Gasteiger partial charge on any atom is 0.310 e. The van der Waals surface area contributed by atoms with Crippen LogP contribution in [0.3, 0.4) is 0 Å². The van der Waals surface area contributed by atoms with E-state index in [4.69, 9.17) is 0 Å². The van der Waals surface area contributed by atoms with Gasteiger partial charge >= 0.3 is 4.87 Å². The first-order valence-corrected chi connectivity index (χ1v) is 7.17. The van der Waals surface area contributed by atoms with Crippen molar-refractivity contribution in [1.29, 1.82) is 0 Å². The number of Topliss-reactive ketones (excluding diaryl/α,β-unsaturated/α-hetero) is 1. The van der Waals surface area contributed by atoms with Gasteiger partial charge in [-0.25, -0.2) is 0 Å². The minimum Gasteiger partial charge on any atom is -0.348 e. The first-order valence-electron chi connectivity index (χ1n) is 6.35. The minimum atomic E-state index is -0.420. The lowest BCUT2D eigenvalue weighted by Crippen LogP contribution is -2.34. The van der Waals surface area contributed by atoms with E-state index in [1.165, 1.54) is 0 Å². The summed E-state index contributed by atoms with van der Waals surface area (Å²) in [5.74, 6) is -0.260. The lowest BCUT2D eigenvalue weighted by atomic mass is 10.2. The van der Waals surface area contributed by atoms with Crippen molar-refractivity contribution in [2.24, 2.45) is 7.05 Å². The van der Waals surface area contributed by atoms with Crippen molar-refractivity contribution in [3.8, 4) is 0 Å². The molecule has 3 rings (SSSR count). The SMILES string of the molecule is Cn1cccc1C(=O)Cn1c(=O)sc2ccccc2c1=O. The normalized spacial score (nSPS) is 10.9. The fourth-order valence-corrected chi connectivity index (χ4v) is 3.08. The Labute approximate surface area is 123 Å². The zero-order valence-corrected chi connectivity index (χ0v) is 12.1. The van der Waals surface area contributed by atoms with Crippen LogP contribution in [0.5, 0.6) is 0 Å². The summed E-state index contributed by atoms with van der Waals surface area (Å²) in [6.45, 7) is -0.239. The minimum absolute atomic E-state index is 0.239. The van der Waals surface area contributed by atoms with Gasteiger partial charge in [-0.1, -0.05) is 23.5 Å². The van der Waals surface area contributed by atoms with E-state index in [9.17, 15) is 14.4 Å². The highest BCUT2D eigenvalue weighted by atomic mass is 32.1. The van der Waals surface area contributed by atoms with Crippen molar-refractivity contribution in [3.05, 3.63) is 68.3 Å². The Morgan fingerprint density at radius 2 is 1.90 bits per heavy atom. The van der Waals surface area contributed by atoms with Crippen molar-refractivity contribution in [2.45, 2.75) is 6.54 Å². The molecule has 0 aliphatic carbocycles. The molecular weight excluding hydrogens is 288 g/mol. The summed E-state index contributed by atoms with van der Waals surface area (Å²) in [5.41, 5.74) is 0.0522. The lowest BCUT2D eigenvalue weighted by molar-refractivity contribution is 0.0962. The molecule has 5 nitrogen and oxygen atoms in total. The van der Waals surface area contributed by atoms with Gasteiger partial charge in [0.15, 0.2) is 5.78 Å². The third-order valence-electron chi connectivity index (χ3n) is 3.31. The molecule has 2 heterocycles. The van der Waals surface area contributed by atoms with Crippen LogP contribution in [0.4, 0.5) is 0 Å². The molecule has 0 fully saturated rings. The predicted molar refractivity (Wildman–Crippen MR) is 82.1 cm³/mol. The summed E-state index contributed by atoms with van der Waals surface area (Å²) in [6, 6.07) is 10.3. The average molecular weight is 300 g/mol. The van der Waals surface area contributed by atoms with Gasteiger partial charge in [0.2, 0.25) is 0 Å². The Bertz CT molecular complexity index is 949. The molecule has 0 amide bonds. The Hall–Kier alpha value is -2.47. The molecule has 21 heavy (non-hydrogen) atoms. The van der Waals surface area contributed by atoms with Crippen molar-refractivity contribution in [2.75, 3.05) is 0 Å². The Morgan fingerprint density at radius 3 is 2.62 bits per heavy atom. The summed E-state index contributed by atoms with van der Waals surface area (Å²) in [5, 5.41) is 0.460. The number of rotatable bonds is 3. The van der Waals surface area contributed by atoms with E-state index in [1.807, 2.05) is 0 Å². The number of carbonyl (C=O) groups is 1. The smallest absolute Gasteiger partial charge is 0.310 e. The van der Waals surface area contributed by atoms with Gasteiger partial charge in [-0.3, -0.25) is 19.0 Å². The Kier molecular flexibility index (Phi) is 3.31. The maximum atomic E-state index is 12.3. The van der Waals surface area contributed by atoms with Gasteiger partial charge in [0.05, 0.1) is 17.6 Å². The molecule has 2 aromatic heterocycles. The molecule has 0 atom stereocenters. The monoisotopic (exact) mass is 300 g/mol. The van der Waals surface area contributed by atoms with E-state index in [1.54, 1.807) is 54.2 Å². The molecule has 0 spiro atoms. The van der Waals surface area contributed by atoms with Gasteiger partial charge in [0.1, 0.15) is 0 Å². The van der Waals surface area contributed by atoms with Crippen LogP contribution in [0.25, 0.3) is 10.1 Å². The van der Waals surface area contributed by atoms with E-state index >= 15 is 0 Å². The van der Waals surface area contributed by atoms with E-state index in [-0.39, 0.29) is 12.3 Å². The fourth-order valence-electron chi connectivity index (χ4n) is 2.22. The van der Waals surface area contributed by atoms with Crippen LogP contribution in [-0.4, -0.2) is 14.9 Å². The molecule has 106 valence electrons. The molecule has 0 saturated heterocycles. The molecule has 3 aromatic rings. The van der Waals surface area contributed by atoms with Gasteiger partial charge < -0.3 is 4.57 Å². The van der Waals surface area contributed by atoms with Crippen LogP contribution in [0.1, 0.15) is 10.5 Å². The number of benzene rings is 1. The zero-order chi connectivity index (χ0) is 15.0. The summed E-state index contributed by atoms with van der Waals surface area (Å²) in [7, 11) is 1.75. The highest BCUT2D eigenvalue weighted by molar-refractivity contribution is 7.16. The number of hydrogen-bond acceptors (Lipinski definition) is 4. The second kappa shape index (κ2) is 5.14. The van der Waals surface area contributed by atoms with Gasteiger partial charge in [-0.05, 0) is 24.3 Å². The largest absolute Gasteiger partial charge is 0.348 e. The second-order valence-electron chi connectivity index (χ2n) is 4.68.